The van der Waals surface area contributed by atoms with Gasteiger partial charge in [0.05, 0.1) is 18.4 Å². The topological polar surface area (TPSA) is 51.1 Å². The molecule has 0 bridgehead atoms. The number of aryl methyl sites for hydroxylation is 1. The lowest BCUT2D eigenvalue weighted by Crippen LogP contribution is -2.35. The molecule has 0 aliphatic carbocycles. The highest BCUT2D eigenvalue weighted by molar-refractivity contribution is 7.99. The molecule has 6 heteroatoms. The van der Waals surface area contributed by atoms with Gasteiger partial charge in [-0.2, -0.15) is 0 Å². The smallest absolute Gasteiger partial charge is 0.124 e. The molecule has 0 saturated carbocycles. The van der Waals surface area contributed by atoms with Crippen molar-refractivity contribution in [1.29, 1.82) is 0 Å². The van der Waals surface area contributed by atoms with E-state index in [4.69, 9.17) is 14.7 Å². The van der Waals surface area contributed by atoms with Crippen molar-refractivity contribution in [2.24, 2.45) is 5.16 Å². The van der Waals surface area contributed by atoms with Gasteiger partial charge in [0.15, 0.2) is 0 Å². The Bertz CT molecular complexity index is 886. The van der Waals surface area contributed by atoms with Crippen molar-refractivity contribution in [3.05, 3.63) is 58.9 Å². The molecular weight excluding hydrogens is 377 g/mol. The maximum Gasteiger partial charge on any atom is 0.124 e. The minimum atomic E-state index is -0.620. The van der Waals surface area contributed by atoms with Crippen LogP contribution in [0.25, 0.3) is 0 Å². The van der Waals surface area contributed by atoms with E-state index in [0.717, 1.165) is 26.5 Å². The molecule has 4 nitrogen and oxygen atoms in total. The number of hydrogen-bond acceptors (Lipinski definition) is 5. The molecule has 2 aromatic rings. The van der Waals surface area contributed by atoms with Gasteiger partial charge in [-0.15, -0.1) is 0 Å². The average Bonchev–Trinajstić information content (AvgIpc) is 3.05. The van der Waals surface area contributed by atoms with E-state index in [1.165, 1.54) is 17.8 Å². The average molecular weight is 404 g/mol. The van der Waals surface area contributed by atoms with E-state index in [1.54, 1.807) is 13.2 Å². The fourth-order valence-corrected chi connectivity index (χ4v) is 4.83. The Hall–Kier alpha value is -1.89. The molecule has 1 N–H and O–H groups in total. The Labute approximate surface area is 169 Å². The summed E-state index contributed by atoms with van der Waals surface area (Å²) in [5, 5.41) is 12.5. The van der Waals surface area contributed by atoms with E-state index in [9.17, 15) is 4.39 Å². The first-order valence-electron chi connectivity index (χ1n) is 9.41. The van der Waals surface area contributed by atoms with Crippen molar-refractivity contribution >= 4 is 17.5 Å². The molecule has 2 aromatic carbocycles. The van der Waals surface area contributed by atoms with Crippen LogP contribution in [0.1, 0.15) is 43.4 Å². The number of nitrogens with zero attached hydrogens (tertiary/aromatic N) is 1. The quantitative estimate of drug-likeness (QED) is 0.392. The van der Waals surface area contributed by atoms with E-state index in [1.807, 2.05) is 45.0 Å². The molecule has 1 saturated heterocycles. The molecule has 150 valence electrons. The summed E-state index contributed by atoms with van der Waals surface area (Å²) in [5.41, 5.74) is 2.77. The van der Waals surface area contributed by atoms with E-state index in [0.29, 0.717) is 25.2 Å². The minimum absolute atomic E-state index is 0.135. The van der Waals surface area contributed by atoms with Crippen LogP contribution >= 0.6 is 11.8 Å². The fourth-order valence-electron chi connectivity index (χ4n) is 3.83. The molecule has 0 aromatic heterocycles. The Kier molecular flexibility index (Phi) is 6.43. The third-order valence-electron chi connectivity index (χ3n) is 5.42. The predicted molar refractivity (Wildman–Crippen MR) is 109 cm³/mol. The Morgan fingerprint density at radius 3 is 2.68 bits per heavy atom. The second-order valence-corrected chi connectivity index (χ2v) is 8.16. The molecule has 2 unspecified atom stereocenters. The second kappa shape index (κ2) is 8.64. The molecule has 1 aliphatic heterocycles. The van der Waals surface area contributed by atoms with Crippen LogP contribution in [0.4, 0.5) is 4.39 Å². The van der Waals surface area contributed by atoms with Gasteiger partial charge in [-0.05, 0) is 61.7 Å². The summed E-state index contributed by atoms with van der Waals surface area (Å²) in [4.78, 5) is 1.80. The first-order chi connectivity index (χ1) is 13.4. The maximum atomic E-state index is 14.4. The monoisotopic (exact) mass is 403 g/mol. The van der Waals surface area contributed by atoms with Crippen LogP contribution < -0.4 is 0 Å². The standard InChI is InChI=1S/C22H26FNO3S/c1-5-21(24-25)20-7-6-18(10-14(20)2)28-19-12-16(11-17(23)13-19)22(26-4)8-9-27-15(22)3/h6-7,10-13,15,25H,5,8-9H2,1-4H3. The molecule has 0 amide bonds. The lowest BCUT2D eigenvalue weighted by molar-refractivity contribution is -0.0650. The van der Waals surface area contributed by atoms with E-state index in [-0.39, 0.29) is 11.9 Å². The van der Waals surface area contributed by atoms with Crippen molar-refractivity contribution in [2.75, 3.05) is 13.7 Å². The maximum absolute atomic E-state index is 14.4. The molecule has 3 rings (SSSR count). The summed E-state index contributed by atoms with van der Waals surface area (Å²) < 4.78 is 25.9. The van der Waals surface area contributed by atoms with Gasteiger partial charge in [-0.1, -0.05) is 29.9 Å². The van der Waals surface area contributed by atoms with Gasteiger partial charge in [0.1, 0.15) is 11.4 Å². The predicted octanol–water partition coefficient (Wildman–Crippen LogP) is 5.52. The van der Waals surface area contributed by atoms with Gasteiger partial charge >= 0.3 is 0 Å². The third-order valence-corrected chi connectivity index (χ3v) is 6.38. The van der Waals surface area contributed by atoms with Gasteiger partial charge in [0.25, 0.3) is 0 Å². The molecule has 1 heterocycles. The molecule has 2 atom stereocenters. The van der Waals surface area contributed by atoms with Gasteiger partial charge in [-0.3, -0.25) is 0 Å². The number of hydrogen-bond donors (Lipinski definition) is 1. The van der Waals surface area contributed by atoms with Crippen molar-refractivity contribution in [3.8, 4) is 0 Å². The zero-order valence-electron chi connectivity index (χ0n) is 16.7. The van der Waals surface area contributed by atoms with Crippen LogP contribution in [-0.4, -0.2) is 30.7 Å². The summed E-state index contributed by atoms with van der Waals surface area (Å²) in [6, 6.07) is 11.0. The Morgan fingerprint density at radius 1 is 1.32 bits per heavy atom. The van der Waals surface area contributed by atoms with Gasteiger partial charge in [-0.25, -0.2) is 4.39 Å². The lowest BCUT2D eigenvalue weighted by Gasteiger charge is -2.31. The van der Waals surface area contributed by atoms with Crippen LogP contribution in [0, 0.1) is 12.7 Å². The molecule has 0 spiro atoms. The summed E-state index contributed by atoms with van der Waals surface area (Å²) in [6.07, 6.45) is 1.21. The largest absolute Gasteiger partial charge is 0.411 e. The summed E-state index contributed by atoms with van der Waals surface area (Å²) >= 11 is 1.50. The Morgan fingerprint density at radius 2 is 2.11 bits per heavy atom. The number of benzene rings is 2. The van der Waals surface area contributed by atoms with Gasteiger partial charge < -0.3 is 14.7 Å². The molecule has 0 radical (unpaired) electrons. The lowest BCUT2D eigenvalue weighted by atomic mass is 9.87. The Balaban J connectivity index is 1.92. The zero-order chi connectivity index (χ0) is 20.3. The van der Waals surface area contributed by atoms with Crippen molar-refractivity contribution in [3.63, 3.8) is 0 Å². The summed E-state index contributed by atoms with van der Waals surface area (Å²) in [5.74, 6) is -0.287. The van der Waals surface area contributed by atoms with Crippen molar-refractivity contribution in [1.82, 2.24) is 0 Å². The number of ether oxygens (including phenoxy) is 2. The number of methoxy groups -OCH3 is 1. The first-order valence-corrected chi connectivity index (χ1v) is 10.2. The molecular formula is C22H26FNO3S. The number of rotatable bonds is 6. The SMILES string of the molecule is CCC(=NO)c1ccc(Sc2cc(F)cc(C3(OC)CCOC3C)c2)cc1C. The van der Waals surface area contributed by atoms with Crippen LogP contribution in [0.15, 0.2) is 51.3 Å². The van der Waals surface area contributed by atoms with E-state index in [2.05, 4.69) is 5.16 Å². The van der Waals surface area contributed by atoms with E-state index >= 15 is 0 Å². The number of halogens is 1. The summed E-state index contributed by atoms with van der Waals surface area (Å²) in [7, 11) is 1.65. The minimum Gasteiger partial charge on any atom is -0.411 e. The molecule has 1 fully saturated rings. The highest BCUT2D eigenvalue weighted by atomic mass is 32.2. The molecule has 1 aliphatic rings. The second-order valence-electron chi connectivity index (χ2n) is 7.01. The third kappa shape index (κ3) is 3.95. The normalized spacial score (nSPS) is 22.6. The van der Waals surface area contributed by atoms with Gasteiger partial charge in [0.2, 0.25) is 0 Å². The first kappa shape index (κ1) is 20.8. The van der Waals surface area contributed by atoms with Crippen LogP contribution in [0.5, 0.6) is 0 Å². The number of oxime groups is 1. The zero-order valence-corrected chi connectivity index (χ0v) is 17.5. The van der Waals surface area contributed by atoms with Gasteiger partial charge in [0, 0.05) is 28.9 Å². The van der Waals surface area contributed by atoms with Crippen molar-refractivity contribution < 1.29 is 19.1 Å². The highest BCUT2D eigenvalue weighted by Gasteiger charge is 2.43. The molecule has 28 heavy (non-hydrogen) atoms. The van der Waals surface area contributed by atoms with Crippen LogP contribution in [0.2, 0.25) is 0 Å². The van der Waals surface area contributed by atoms with Crippen molar-refractivity contribution in [2.45, 2.75) is 55.1 Å². The fraction of sp³-hybridized carbons (Fsp3) is 0.409. The van der Waals surface area contributed by atoms with Crippen LogP contribution in [-0.2, 0) is 15.1 Å². The van der Waals surface area contributed by atoms with Crippen LogP contribution in [0.3, 0.4) is 0 Å². The summed E-state index contributed by atoms with van der Waals surface area (Å²) in [6.45, 7) is 6.49. The highest BCUT2D eigenvalue weighted by Crippen LogP contribution is 2.41. The van der Waals surface area contributed by atoms with E-state index < -0.39 is 5.60 Å².